The minimum Gasteiger partial charge on any atom is -0.484 e. The van der Waals surface area contributed by atoms with E-state index in [1.54, 1.807) is 0 Å². The number of hydrogen-bond acceptors (Lipinski definition) is 8. The number of ether oxygens (including phenoxy) is 2. The summed E-state index contributed by atoms with van der Waals surface area (Å²) in [5, 5.41) is 0. The third-order valence-electron chi connectivity index (χ3n) is 3.33. The highest BCUT2D eigenvalue weighted by atomic mass is 32.2. The average Bonchev–Trinajstić information content (AvgIpc) is 2.70. The number of nitrogens with one attached hydrogen (secondary N) is 2. The van der Waals surface area contributed by atoms with E-state index >= 15 is 0 Å². The van der Waals surface area contributed by atoms with E-state index in [0.717, 1.165) is 0 Å². The molecule has 10 nitrogen and oxygen atoms in total. The molecule has 2 aromatic carbocycles. The Labute approximate surface area is 155 Å². The van der Waals surface area contributed by atoms with Gasteiger partial charge in [0, 0.05) is 0 Å². The smallest absolute Gasteiger partial charge is 0.271 e. The van der Waals surface area contributed by atoms with Crippen LogP contribution in [0.3, 0.4) is 0 Å². The predicted octanol–water partition coefficient (Wildman–Crippen LogP) is -0.743. The molecule has 0 aliphatic heterocycles. The molecule has 6 N–H and O–H groups in total. The van der Waals surface area contributed by atoms with Gasteiger partial charge in [0.25, 0.3) is 11.8 Å². The van der Waals surface area contributed by atoms with E-state index in [4.69, 9.17) is 21.2 Å². The molecular weight excluding hydrogens is 376 g/mol. The standard InChI is InChI=1S/C16H18N4O6S/c17-19-15(21)9-25-11-1-5-13(6-2-11)27(23,24)14-7-3-12(4-8-14)26-10-16(22)20-18/h1-8H,9-10,17-18H2,(H,19,21)(H,20,22). The molecule has 144 valence electrons. The van der Waals surface area contributed by atoms with Gasteiger partial charge >= 0.3 is 0 Å². The second-order valence-electron chi connectivity index (χ2n) is 5.16. The molecule has 11 heteroatoms. The van der Waals surface area contributed by atoms with Crippen molar-refractivity contribution in [2.24, 2.45) is 11.7 Å². The zero-order chi connectivity index (χ0) is 19.9. The van der Waals surface area contributed by atoms with Gasteiger partial charge in [-0.25, -0.2) is 20.1 Å². The highest BCUT2D eigenvalue weighted by Crippen LogP contribution is 2.24. The number of carbonyl (C=O) groups excluding carboxylic acids is 2. The molecule has 0 aliphatic carbocycles. The first-order valence-electron chi connectivity index (χ1n) is 7.56. The summed E-state index contributed by atoms with van der Waals surface area (Å²) in [6, 6.07) is 11.2. The van der Waals surface area contributed by atoms with Crippen LogP contribution in [0.5, 0.6) is 11.5 Å². The Hall–Kier alpha value is -3.15. The lowest BCUT2D eigenvalue weighted by atomic mass is 10.3. The molecule has 0 spiro atoms. The molecule has 2 rings (SSSR count). The van der Waals surface area contributed by atoms with Crippen LogP contribution >= 0.6 is 0 Å². The molecule has 0 radical (unpaired) electrons. The van der Waals surface area contributed by atoms with Crippen LogP contribution in [0.4, 0.5) is 0 Å². The van der Waals surface area contributed by atoms with E-state index in [1.165, 1.54) is 48.5 Å². The lowest BCUT2D eigenvalue weighted by molar-refractivity contribution is -0.123. The van der Waals surface area contributed by atoms with Crippen LogP contribution in [-0.2, 0) is 19.4 Å². The summed E-state index contributed by atoms with van der Waals surface area (Å²) in [4.78, 5) is 22.2. The summed E-state index contributed by atoms with van der Waals surface area (Å²) in [5.74, 6) is 9.49. The molecule has 0 saturated heterocycles. The Balaban J connectivity index is 2.08. The van der Waals surface area contributed by atoms with Gasteiger partial charge in [-0.15, -0.1) is 0 Å². The quantitative estimate of drug-likeness (QED) is 0.258. The molecule has 0 unspecified atom stereocenters. The Bertz CT molecular complexity index is 828. The fraction of sp³-hybridized carbons (Fsp3) is 0.125. The van der Waals surface area contributed by atoms with Gasteiger partial charge in [0.05, 0.1) is 9.79 Å². The molecule has 0 saturated carbocycles. The van der Waals surface area contributed by atoms with Crippen LogP contribution in [-0.4, -0.2) is 33.4 Å². The van der Waals surface area contributed by atoms with Crippen molar-refractivity contribution in [2.75, 3.05) is 13.2 Å². The van der Waals surface area contributed by atoms with E-state index in [0.29, 0.717) is 11.5 Å². The van der Waals surface area contributed by atoms with Crippen LogP contribution in [0.2, 0.25) is 0 Å². The molecule has 0 atom stereocenters. The number of hydrazine groups is 2. The molecule has 0 aromatic heterocycles. The zero-order valence-corrected chi connectivity index (χ0v) is 14.9. The molecule has 0 aliphatic rings. The first kappa shape index (κ1) is 20.2. The number of nitrogens with two attached hydrogens (primary N) is 2. The van der Waals surface area contributed by atoms with Gasteiger partial charge in [-0.2, -0.15) is 0 Å². The second kappa shape index (κ2) is 8.98. The van der Waals surface area contributed by atoms with E-state index in [1.807, 2.05) is 10.9 Å². The molecule has 0 bridgehead atoms. The molecule has 2 amide bonds. The summed E-state index contributed by atoms with van der Waals surface area (Å²) in [6.45, 7) is -0.571. The van der Waals surface area contributed by atoms with E-state index < -0.39 is 21.7 Å². The third-order valence-corrected chi connectivity index (χ3v) is 5.12. The van der Waals surface area contributed by atoms with E-state index in [-0.39, 0.29) is 23.0 Å². The van der Waals surface area contributed by atoms with Gasteiger partial charge in [0.15, 0.2) is 13.2 Å². The van der Waals surface area contributed by atoms with Gasteiger partial charge < -0.3 is 9.47 Å². The van der Waals surface area contributed by atoms with Gasteiger partial charge in [-0.1, -0.05) is 0 Å². The number of rotatable bonds is 8. The van der Waals surface area contributed by atoms with E-state index in [9.17, 15) is 18.0 Å². The van der Waals surface area contributed by atoms with Crippen LogP contribution in [0, 0.1) is 0 Å². The lowest BCUT2D eigenvalue weighted by Gasteiger charge is -2.09. The van der Waals surface area contributed by atoms with Crippen LogP contribution < -0.4 is 32.0 Å². The third kappa shape index (κ3) is 5.41. The first-order chi connectivity index (χ1) is 12.9. The van der Waals surface area contributed by atoms with Crippen LogP contribution in [0.25, 0.3) is 0 Å². The van der Waals surface area contributed by atoms with E-state index in [2.05, 4.69) is 0 Å². The molecule has 2 aromatic rings. The Morgan fingerprint density at radius 1 is 0.741 bits per heavy atom. The minimum absolute atomic E-state index is 0.0503. The van der Waals surface area contributed by atoms with Crippen molar-refractivity contribution < 1.29 is 27.5 Å². The predicted molar refractivity (Wildman–Crippen MR) is 94.0 cm³/mol. The van der Waals surface area contributed by atoms with Crippen molar-refractivity contribution >= 4 is 21.7 Å². The summed E-state index contributed by atoms with van der Waals surface area (Å²) in [7, 11) is -3.75. The molecule has 27 heavy (non-hydrogen) atoms. The Kier molecular flexibility index (Phi) is 6.71. The van der Waals surface area contributed by atoms with Crippen molar-refractivity contribution in [1.29, 1.82) is 0 Å². The lowest BCUT2D eigenvalue weighted by Crippen LogP contribution is -2.34. The molecular formula is C16H18N4O6S. The Morgan fingerprint density at radius 2 is 1.07 bits per heavy atom. The molecule has 0 fully saturated rings. The summed E-state index contributed by atoms with van der Waals surface area (Å²) in [5.41, 5.74) is 3.83. The minimum atomic E-state index is -3.75. The van der Waals surface area contributed by atoms with Gasteiger partial charge in [0.1, 0.15) is 11.5 Å². The van der Waals surface area contributed by atoms with Crippen molar-refractivity contribution in [3.63, 3.8) is 0 Å². The SMILES string of the molecule is NNC(=O)COc1ccc(S(=O)(=O)c2ccc(OCC(=O)NN)cc2)cc1. The largest absolute Gasteiger partial charge is 0.484 e. The van der Waals surface area contributed by atoms with Crippen molar-refractivity contribution in [1.82, 2.24) is 10.9 Å². The number of hydrogen-bond donors (Lipinski definition) is 4. The zero-order valence-electron chi connectivity index (χ0n) is 14.0. The summed E-state index contributed by atoms with van der Waals surface area (Å²) >= 11 is 0. The molecule has 0 heterocycles. The number of carbonyl (C=O) groups is 2. The maximum absolute atomic E-state index is 12.6. The fourth-order valence-corrected chi connectivity index (χ4v) is 3.21. The van der Waals surface area contributed by atoms with Crippen molar-refractivity contribution in [3.05, 3.63) is 48.5 Å². The van der Waals surface area contributed by atoms with Crippen LogP contribution in [0.15, 0.2) is 58.3 Å². The normalized spacial score (nSPS) is 10.7. The second-order valence-corrected chi connectivity index (χ2v) is 7.11. The van der Waals surface area contributed by atoms with Gasteiger partial charge in [-0.05, 0) is 48.5 Å². The average molecular weight is 394 g/mol. The number of benzene rings is 2. The fourth-order valence-electron chi connectivity index (χ4n) is 1.95. The van der Waals surface area contributed by atoms with Crippen molar-refractivity contribution in [3.8, 4) is 11.5 Å². The van der Waals surface area contributed by atoms with Crippen LogP contribution in [0.1, 0.15) is 0 Å². The first-order valence-corrected chi connectivity index (χ1v) is 9.05. The topological polar surface area (TPSA) is 163 Å². The summed E-state index contributed by atoms with van der Waals surface area (Å²) < 4.78 is 35.6. The van der Waals surface area contributed by atoms with Gasteiger partial charge in [0.2, 0.25) is 9.84 Å². The Morgan fingerprint density at radius 3 is 1.37 bits per heavy atom. The number of amides is 2. The van der Waals surface area contributed by atoms with Crippen molar-refractivity contribution in [2.45, 2.75) is 9.79 Å². The van der Waals surface area contributed by atoms with Gasteiger partial charge in [-0.3, -0.25) is 20.4 Å². The summed E-state index contributed by atoms with van der Waals surface area (Å²) in [6.07, 6.45) is 0. The number of sulfone groups is 1. The maximum atomic E-state index is 12.6. The monoisotopic (exact) mass is 394 g/mol. The maximum Gasteiger partial charge on any atom is 0.271 e. The highest BCUT2D eigenvalue weighted by molar-refractivity contribution is 7.91. The highest BCUT2D eigenvalue weighted by Gasteiger charge is 2.18.